The Morgan fingerprint density at radius 2 is 1.70 bits per heavy atom. The molecule has 16 atom stereocenters. The van der Waals surface area contributed by atoms with Gasteiger partial charge in [0.25, 0.3) is 15.6 Å². The van der Waals surface area contributed by atoms with Crippen LogP contribution in [0.3, 0.4) is 0 Å². The average Bonchev–Trinajstić information content (AvgIpc) is 4.11. The van der Waals surface area contributed by atoms with E-state index in [1.165, 1.54) is 63.3 Å². The first-order valence-electron chi connectivity index (χ1n) is 27.1. The first kappa shape index (κ1) is 63.5. The second-order valence-corrected chi connectivity index (χ2v) is 28.5. The van der Waals surface area contributed by atoms with Gasteiger partial charge in [-0.25, -0.2) is 19.3 Å². The van der Waals surface area contributed by atoms with E-state index in [4.69, 9.17) is 10.5 Å². The molecule has 0 spiro atoms. The molecule has 5 aliphatic rings. The lowest BCUT2D eigenvalue weighted by Crippen LogP contribution is -2.51. The molecule has 6 N–H and O–H groups in total. The van der Waals surface area contributed by atoms with Crippen LogP contribution in [-0.4, -0.2) is 109 Å². The molecule has 0 bridgehead atoms. The molecule has 79 heavy (non-hydrogen) atoms. The van der Waals surface area contributed by atoms with Crippen molar-refractivity contribution in [2.75, 3.05) is 37.8 Å². The van der Waals surface area contributed by atoms with Crippen LogP contribution in [0.4, 0.5) is 5.82 Å². The highest BCUT2D eigenvalue weighted by atomic mass is 32.2. The fraction of sp³-hybridized carbons (Fsp3) is 0.780. The van der Waals surface area contributed by atoms with Crippen LogP contribution < -0.4 is 35.9 Å². The molecule has 4 fully saturated rings. The van der Waals surface area contributed by atoms with Crippen molar-refractivity contribution in [3.05, 3.63) is 24.3 Å². The summed E-state index contributed by atoms with van der Waals surface area (Å²) in [5.41, 5.74) is 5.98. The highest BCUT2D eigenvalue weighted by molar-refractivity contribution is 8.13. The number of imidazole rings is 1. The highest BCUT2D eigenvalue weighted by Crippen LogP contribution is 2.68. The van der Waals surface area contributed by atoms with Crippen LogP contribution in [0.5, 0.6) is 0 Å². The molecule has 1 saturated heterocycles. The number of ketones is 1. The number of rotatable bonds is 26. The molecule has 25 nitrogen and oxygen atoms in total. The van der Waals surface area contributed by atoms with Gasteiger partial charge in [-0.15, -0.1) is 0 Å². The second-order valence-electron chi connectivity index (χ2n) is 23.4. The molecule has 7 rings (SSSR count). The van der Waals surface area contributed by atoms with Gasteiger partial charge in [-0.2, -0.15) is 0 Å². The third-order valence-electron chi connectivity index (χ3n) is 18.0. The summed E-state index contributed by atoms with van der Waals surface area (Å²) in [6.07, 6.45) is 6.25. The highest BCUT2D eigenvalue weighted by Gasteiger charge is 2.59. The lowest BCUT2D eigenvalue weighted by Gasteiger charge is -2.58. The Kier molecular flexibility index (Phi) is 20.5. The van der Waals surface area contributed by atoms with Crippen LogP contribution in [0.1, 0.15) is 132 Å². The zero-order valence-corrected chi connectivity index (χ0v) is 49.2. The van der Waals surface area contributed by atoms with E-state index < -0.39 is 84.6 Å². The zero-order chi connectivity index (χ0) is 58.0. The van der Waals surface area contributed by atoms with E-state index in [0.717, 1.165) is 61.2 Å². The Labute approximate surface area is 464 Å². The number of aromatic nitrogens is 4. The predicted octanol–water partition coefficient (Wildman–Crippen LogP) is 3.36. The number of nitrogen functional groups attached to an aromatic ring is 1. The maximum absolute atomic E-state index is 13.4. The van der Waals surface area contributed by atoms with Crippen LogP contribution in [0.15, 0.2) is 24.3 Å². The summed E-state index contributed by atoms with van der Waals surface area (Å²) >= 11 is 1.18. The van der Waals surface area contributed by atoms with Crippen molar-refractivity contribution in [3.8, 4) is 0 Å². The normalized spacial score (nSPS) is 31.2. The number of nitrogens with zero attached hydrogens (tertiary/aromatic N) is 4. The molecular weight excluding hydrogens is 1110 g/mol. The Morgan fingerprint density at radius 1 is 0.975 bits per heavy atom. The van der Waals surface area contributed by atoms with Gasteiger partial charge in [-0.1, -0.05) is 78.6 Å². The summed E-state index contributed by atoms with van der Waals surface area (Å²) in [5.74, 6) is 2.52. The topological polar surface area (TPSA) is 392 Å². The number of hydrogen-bond acceptors (Lipinski definition) is 23. The fourth-order valence-electron chi connectivity index (χ4n) is 13.6. The summed E-state index contributed by atoms with van der Waals surface area (Å²) < 4.78 is 61.3. The number of allylic oxidation sites excluding steroid dienone is 1. The van der Waals surface area contributed by atoms with Crippen molar-refractivity contribution in [1.29, 1.82) is 0 Å². The van der Waals surface area contributed by atoms with Crippen molar-refractivity contribution in [2.24, 2.45) is 57.7 Å². The number of phosphoric ester groups is 3. The number of fused-ring (bicyclic) bond motifs is 6. The number of nitrogens with one attached hydrogen (secondary N) is 2. The molecule has 2 aromatic rings. The molecule has 29 heteroatoms. The van der Waals surface area contributed by atoms with Crippen LogP contribution in [0.25, 0.3) is 11.2 Å². The fourth-order valence-corrected chi connectivity index (χ4v) is 17.2. The van der Waals surface area contributed by atoms with Crippen molar-refractivity contribution in [2.45, 2.75) is 156 Å². The van der Waals surface area contributed by atoms with Gasteiger partial charge in [-0.3, -0.25) is 32.9 Å². The molecule has 444 valence electrons. The molecule has 3 unspecified atom stereocenters. The molecule has 1 aliphatic heterocycles. The number of thioether (sulfide) groups is 1. The zero-order valence-electron chi connectivity index (χ0n) is 45.7. The Balaban J connectivity index is 0.780. The van der Waals surface area contributed by atoms with Crippen LogP contribution in [0, 0.1) is 57.7 Å². The minimum atomic E-state index is -5.94. The van der Waals surface area contributed by atoms with Gasteiger partial charge in [0.1, 0.15) is 36.3 Å². The summed E-state index contributed by atoms with van der Waals surface area (Å²) in [6, 6.07) is 0. The Morgan fingerprint density at radius 3 is 2.41 bits per heavy atom. The summed E-state index contributed by atoms with van der Waals surface area (Å²) in [7, 11) is -17.7. The monoisotopic (exact) mass is 1190 g/mol. The third-order valence-corrected chi connectivity index (χ3v) is 22.1. The number of anilines is 1. The number of aliphatic hydroxyl groups excluding tert-OH is 2. The SMILES string of the molecule is CC[C@H](CC[C@@H](C)[C@H]1CC[C@H]2[C@@H]3CCC4=CC(=O)CC[C@]4(C)[C@H]3CC[C@]12C)C(C)C(=O)SCCNC(=O)CCNC(=O)[C@H](O)C(C)(C)COP(=O)([O-])OP(=O)([O-])OC[C@H]1O[C@@H](n2cnc3c(N)ncnc32)[C@H](O)[C@@H]1OP(=O)([O-])[O-]. The maximum Gasteiger partial charge on any atom is 0.274 e. The minimum Gasteiger partial charge on any atom is -0.790 e. The van der Waals surface area contributed by atoms with E-state index in [2.05, 4.69) is 71.2 Å². The Bertz CT molecular complexity index is 2730. The molecule has 2 amide bonds. The van der Waals surface area contributed by atoms with Crippen molar-refractivity contribution >= 4 is 74.9 Å². The maximum atomic E-state index is 13.4. The Hall–Kier alpha value is -3.03. The van der Waals surface area contributed by atoms with Gasteiger partial charge in [0, 0.05) is 43.0 Å². The summed E-state index contributed by atoms with van der Waals surface area (Å²) in [6.45, 7) is 11.7. The van der Waals surface area contributed by atoms with Crippen LogP contribution >= 0.6 is 35.2 Å². The smallest absolute Gasteiger partial charge is 0.274 e. The quantitative estimate of drug-likeness (QED) is 0.0666. The first-order chi connectivity index (χ1) is 36.9. The number of ether oxygens (including phenoxy) is 1. The molecule has 3 saturated carbocycles. The number of carbonyl (C=O) groups excluding carboxylic acids is 4. The van der Waals surface area contributed by atoms with Crippen LogP contribution in [0.2, 0.25) is 0 Å². The van der Waals surface area contributed by atoms with E-state index >= 15 is 0 Å². The van der Waals surface area contributed by atoms with E-state index in [9.17, 15) is 62.7 Å². The average molecular weight is 1190 g/mol. The summed E-state index contributed by atoms with van der Waals surface area (Å²) in [5, 5.41) is 26.8. The second kappa shape index (κ2) is 25.4. The van der Waals surface area contributed by atoms with Crippen molar-refractivity contribution in [1.82, 2.24) is 30.2 Å². The largest absolute Gasteiger partial charge is 0.790 e. The van der Waals surface area contributed by atoms with E-state index in [0.29, 0.717) is 41.1 Å². The minimum absolute atomic E-state index is 0.0206. The molecule has 0 radical (unpaired) electrons. The van der Waals surface area contributed by atoms with E-state index in [1.807, 2.05) is 13.0 Å². The number of nitrogens with two attached hydrogens (primary N) is 1. The molecule has 3 heterocycles. The van der Waals surface area contributed by atoms with E-state index in [-0.39, 0.29) is 58.9 Å². The van der Waals surface area contributed by atoms with E-state index in [1.54, 1.807) is 0 Å². The molecule has 0 aromatic carbocycles. The van der Waals surface area contributed by atoms with Gasteiger partial charge >= 0.3 is 0 Å². The number of aliphatic hydroxyl groups is 2. The number of phosphoric acid groups is 3. The van der Waals surface area contributed by atoms with Gasteiger partial charge in [0.05, 0.1) is 27.4 Å². The summed E-state index contributed by atoms with van der Waals surface area (Å²) in [4.78, 5) is 111. The molecular formula is C50H76N7O18P3S-4. The lowest BCUT2D eigenvalue weighted by molar-refractivity contribution is -0.347. The van der Waals surface area contributed by atoms with Gasteiger partial charge in [-0.05, 0) is 104 Å². The van der Waals surface area contributed by atoms with Gasteiger partial charge < -0.3 is 69.0 Å². The first-order valence-corrected chi connectivity index (χ1v) is 32.5. The van der Waals surface area contributed by atoms with Gasteiger partial charge in [0.2, 0.25) is 11.8 Å². The standard InChI is InChI=1S/C50H80N7O18P3S/c1-8-30(10-9-28(2)34-13-14-35-33-12-11-31-23-32(58)15-18-49(31,6)36(33)16-19-50(34,35)7)29(3)47(63)79-22-21-52-38(59)17-20-53-45(62)42(61)48(4,5)25-72-78(69,70)75-77(67,68)71-24-37-41(74-76(64,65)66)40(60)46(73-37)57-27-56-39-43(51)54-26-55-44(39)57/h23,26-30,33-37,40-42,46,60-61H,8-22,24-25H2,1-7H3,(H,52,59)(H,53,62)(H,67,68)(H,69,70)(H2,51,54,55)(H2,64,65,66)/p-4/t28-,29?,30-,33+,34-,35+,36+,37-,40-,41-,42+,46-,49+,50-/m1/s1. The van der Waals surface area contributed by atoms with Crippen LogP contribution in [-0.2, 0) is 55.5 Å². The lowest BCUT2D eigenvalue weighted by atomic mass is 9.46. The van der Waals surface area contributed by atoms with Gasteiger partial charge in [0.15, 0.2) is 28.6 Å². The molecule has 2 aromatic heterocycles. The number of carbonyl (C=O) groups is 4. The van der Waals surface area contributed by atoms with Crippen molar-refractivity contribution < 1.29 is 85.3 Å². The predicted molar refractivity (Wildman–Crippen MR) is 280 cm³/mol. The molecule has 4 aliphatic carbocycles. The number of hydrogen-bond donors (Lipinski definition) is 5. The number of amides is 2. The van der Waals surface area contributed by atoms with Crippen molar-refractivity contribution in [3.63, 3.8) is 0 Å². The third kappa shape index (κ3) is 14.8.